The number of benzene rings is 3. The van der Waals surface area contributed by atoms with Crippen molar-refractivity contribution < 1.29 is 9.53 Å². The van der Waals surface area contributed by atoms with Crippen molar-refractivity contribution in [2.75, 3.05) is 6.61 Å². The van der Waals surface area contributed by atoms with Gasteiger partial charge in [-0.3, -0.25) is 0 Å². The van der Waals surface area contributed by atoms with Crippen molar-refractivity contribution in [1.82, 2.24) is 0 Å². The molecule has 0 radical (unpaired) electrons. The van der Waals surface area contributed by atoms with Crippen LogP contribution in [0.15, 0.2) is 78.9 Å². The van der Waals surface area contributed by atoms with E-state index in [1.165, 1.54) is 42.8 Å². The van der Waals surface area contributed by atoms with E-state index in [1.54, 1.807) is 6.08 Å². The third-order valence-corrected chi connectivity index (χ3v) is 8.80. The summed E-state index contributed by atoms with van der Waals surface area (Å²) < 4.78 is 7.66. The molecule has 0 heterocycles. The molecule has 0 aliphatic heterocycles. The summed E-state index contributed by atoms with van der Waals surface area (Å²) in [5, 5.41) is 0. The van der Waals surface area contributed by atoms with Crippen LogP contribution in [0, 0.1) is 0 Å². The van der Waals surface area contributed by atoms with Crippen LogP contribution in [0.4, 0.5) is 0 Å². The summed E-state index contributed by atoms with van der Waals surface area (Å²) >= 11 is 0.212. The summed E-state index contributed by atoms with van der Waals surface area (Å²) in [7, 11) is 0. The van der Waals surface area contributed by atoms with Crippen LogP contribution < -0.4 is 8.92 Å². The van der Waals surface area contributed by atoms with Gasteiger partial charge < -0.3 is 0 Å². The van der Waals surface area contributed by atoms with Gasteiger partial charge in [0.2, 0.25) is 0 Å². The number of fused-ring (bicyclic) bond motifs is 1. The van der Waals surface area contributed by atoms with E-state index in [4.69, 9.17) is 4.74 Å². The van der Waals surface area contributed by atoms with Crippen molar-refractivity contribution in [3.63, 3.8) is 0 Å². The Labute approximate surface area is 222 Å². The van der Waals surface area contributed by atoms with Gasteiger partial charge in [0, 0.05) is 0 Å². The van der Waals surface area contributed by atoms with Crippen LogP contribution in [0.1, 0.15) is 75.8 Å². The van der Waals surface area contributed by atoms with Gasteiger partial charge in [-0.25, -0.2) is 0 Å². The molecule has 3 aromatic rings. The number of carbonyl (C=O) groups excluding carboxylic acids is 1. The van der Waals surface area contributed by atoms with Crippen molar-refractivity contribution in [1.29, 1.82) is 0 Å². The molecule has 3 aromatic carbocycles. The van der Waals surface area contributed by atoms with Crippen LogP contribution in [0.2, 0.25) is 0 Å². The first-order valence-electron chi connectivity index (χ1n) is 12.7. The summed E-state index contributed by atoms with van der Waals surface area (Å²) in [6, 6.07) is 24.6. The first kappa shape index (κ1) is 26.2. The van der Waals surface area contributed by atoms with Gasteiger partial charge >= 0.3 is 223 Å². The van der Waals surface area contributed by atoms with Crippen LogP contribution in [-0.2, 0) is 20.4 Å². The standard InChI is InChI=1S/C33H36O2Se/c1-7-35-31(34)19-10-23-8-15-26(16-9-23)36-27-17-18-29-28(20-21-33(5,6)30(29)22-27)24-11-13-25(14-12-24)32(2,3)4/h8-20,22H,7,21H2,1-6H3/b19-10+. The number of hydrogen-bond donors (Lipinski definition) is 0. The van der Waals surface area contributed by atoms with Crippen LogP contribution >= 0.6 is 0 Å². The van der Waals surface area contributed by atoms with Crippen LogP contribution in [0.3, 0.4) is 0 Å². The molecule has 186 valence electrons. The molecule has 0 spiro atoms. The number of ether oxygens (including phenoxy) is 1. The minimum absolute atomic E-state index is 0.109. The molecular weight excluding hydrogens is 507 g/mol. The molecule has 1 aliphatic rings. The molecule has 0 atom stereocenters. The molecule has 0 fully saturated rings. The second kappa shape index (κ2) is 10.6. The molecule has 0 aromatic heterocycles. The molecule has 0 saturated heterocycles. The Kier molecular flexibility index (Phi) is 7.73. The topological polar surface area (TPSA) is 26.3 Å². The number of carbonyl (C=O) groups is 1. The van der Waals surface area contributed by atoms with Gasteiger partial charge in [0.15, 0.2) is 0 Å². The molecule has 2 nitrogen and oxygen atoms in total. The monoisotopic (exact) mass is 544 g/mol. The summed E-state index contributed by atoms with van der Waals surface area (Å²) in [5.41, 5.74) is 8.07. The van der Waals surface area contributed by atoms with Gasteiger partial charge in [-0.15, -0.1) is 0 Å². The Morgan fingerprint density at radius 3 is 2.28 bits per heavy atom. The molecule has 0 unspecified atom stereocenters. The van der Waals surface area contributed by atoms with E-state index >= 15 is 0 Å². The van der Waals surface area contributed by atoms with Crippen molar-refractivity contribution in [2.45, 2.75) is 58.8 Å². The van der Waals surface area contributed by atoms with E-state index in [-0.39, 0.29) is 31.8 Å². The molecule has 0 amide bonds. The molecule has 0 bridgehead atoms. The van der Waals surface area contributed by atoms with Gasteiger partial charge in [-0.1, -0.05) is 0 Å². The van der Waals surface area contributed by atoms with E-state index < -0.39 is 0 Å². The Hall–Kier alpha value is -2.87. The predicted molar refractivity (Wildman–Crippen MR) is 153 cm³/mol. The zero-order valence-electron chi connectivity index (χ0n) is 22.2. The summed E-state index contributed by atoms with van der Waals surface area (Å²) in [4.78, 5) is 11.6. The summed E-state index contributed by atoms with van der Waals surface area (Å²) in [5.74, 6) is -0.305. The zero-order valence-corrected chi connectivity index (χ0v) is 23.9. The third-order valence-electron chi connectivity index (χ3n) is 6.70. The number of allylic oxidation sites excluding steroid dienone is 1. The van der Waals surface area contributed by atoms with E-state index in [1.807, 2.05) is 6.92 Å². The van der Waals surface area contributed by atoms with Crippen LogP contribution in [0.5, 0.6) is 0 Å². The van der Waals surface area contributed by atoms with E-state index in [0.29, 0.717) is 6.61 Å². The maximum absolute atomic E-state index is 11.6. The molecule has 3 heteroatoms. The summed E-state index contributed by atoms with van der Waals surface area (Å²) in [6.07, 6.45) is 6.74. The second-order valence-corrected chi connectivity index (χ2v) is 13.4. The first-order valence-corrected chi connectivity index (χ1v) is 14.4. The second-order valence-electron chi connectivity index (χ2n) is 11.0. The van der Waals surface area contributed by atoms with Crippen molar-refractivity contribution in [3.05, 3.63) is 107 Å². The van der Waals surface area contributed by atoms with Crippen LogP contribution in [0.25, 0.3) is 11.6 Å². The van der Waals surface area contributed by atoms with Crippen LogP contribution in [-0.4, -0.2) is 27.5 Å². The molecule has 36 heavy (non-hydrogen) atoms. The van der Waals surface area contributed by atoms with Crippen molar-refractivity contribution >= 4 is 41.5 Å². The fourth-order valence-corrected chi connectivity index (χ4v) is 6.32. The average Bonchev–Trinajstić information content (AvgIpc) is 2.84. The number of hydrogen-bond acceptors (Lipinski definition) is 2. The fraction of sp³-hybridized carbons (Fsp3) is 0.303. The van der Waals surface area contributed by atoms with E-state index in [9.17, 15) is 4.79 Å². The molecule has 0 saturated carbocycles. The SMILES string of the molecule is CCOC(=O)/C=C/c1ccc([Se]c2ccc3c(c2)C(C)(C)CC=C3c2ccc(C(C)(C)C)cc2)cc1. The molecular formula is C33H36O2Se. The zero-order chi connectivity index (χ0) is 25.9. The fourth-order valence-electron chi connectivity index (χ4n) is 4.52. The average molecular weight is 544 g/mol. The summed E-state index contributed by atoms with van der Waals surface area (Å²) in [6.45, 7) is 13.7. The molecule has 4 rings (SSSR count). The van der Waals surface area contributed by atoms with Gasteiger partial charge in [0.05, 0.1) is 0 Å². The van der Waals surface area contributed by atoms with Gasteiger partial charge in [0.25, 0.3) is 0 Å². The Bertz CT molecular complexity index is 1290. The number of esters is 1. The Morgan fingerprint density at radius 2 is 1.64 bits per heavy atom. The molecule has 1 aliphatic carbocycles. The first-order chi connectivity index (χ1) is 17.1. The minimum atomic E-state index is -0.305. The quantitative estimate of drug-likeness (QED) is 0.206. The normalized spacial score (nSPS) is 14.9. The van der Waals surface area contributed by atoms with Gasteiger partial charge in [0.1, 0.15) is 0 Å². The van der Waals surface area contributed by atoms with E-state index in [0.717, 1.165) is 12.0 Å². The number of rotatable bonds is 6. The van der Waals surface area contributed by atoms with Gasteiger partial charge in [-0.2, -0.15) is 0 Å². The predicted octanol–water partition coefficient (Wildman–Crippen LogP) is 6.33. The Morgan fingerprint density at radius 1 is 0.972 bits per heavy atom. The Balaban J connectivity index is 1.56. The third kappa shape index (κ3) is 6.09. The maximum atomic E-state index is 11.6. The van der Waals surface area contributed by atoms with E-state index in [2.05, 4.69) is 107 Å². The molecule has 0 N–H and O–H groups in total. The van der Waals surface area contributed by atoms with Crippen molar-refractivity contribution in [3.8, 4) is 0 Å². The van der Waals surface area contributed by atoms with Crippen molar-refractivity contribution in [2.24, 2.45) is 0 Å². The van der Waals surface area contributed by atoms with Gasteiger partial charge in [-0.05, 0) is 0 Å².